The summed E-state index contributed by atoms with van der Waals surface area (Å²) in [6.07, 6.45) is -2.48. The first-order valence-electron chi connectivity index (χ1n) is 5.99. The molecule has 100 valence electrons. The van der Waals surface area contributed by atoms with E-state index in [0.29, 0.717) is 19.3 Å². The second kappa shape index (κ2) is 6.03. The maximum atomic E-state index is 12.3. The zero-order valence-electron chi connectivity index (χ0n) is 10.6. The molecule has 0 aromatic heterocycles. The Morgan fingerprint density at radius 1 is 1.17 bits per heavy atom. The van der Waals surface area contributed by atoms with Crippen molar-refractivity contribution in [3.63, 3.8) is 0 Å². The molecule has 0 N–H and O–H groups in total. The van der Waals surface area contributed by atoms with Crippen molar-refractivity contribution in [1.82, 2.24) is 0 Å². The lowest BCUT2D eigenvalue weighted by molar-refractivity contribution is -0.137. The largest absolute Gasteiger partial charge is 0.416 e. The number of rotatable bonds is 5. The van der Waals surface area contributed by atoms with Crippen LogP contribution in [0.3, 0.4) is 0 Å². The highest BCUT2D eigenvalue weighted by atomic mass is 19.4. The smallest absolute Gasteiger partial charge is 0.299 e. The Morgan fingerprint density at radius 3 is 2.17 bits per heavy atom. The minimum Gasteiger partial charge on any atom is -0.299 e. The van der Waals surface area contributed by atoms with Crippen molar-refractivity contribution in [3.8, 4) is 0 Å². The third kappa shape index (κ3) is 4.51. The number of carbonyl (C=O) groups is 1. The lowest BCUT2D eigenvalue weighted by atomic mass is 10.0. The Morgan fingerprint density at radius 2 is 1.72 bits per heavy atom. The van der Waals surface area contributed by atoms with Gasteiger partial charge in [0.05, 0.1) is 5.56 Å². The summed E-state index contributed by atoms with van der Waals surface area (Å²) >= 11 is 0. The molecule has 0 saturated carbocycles. The maximum Gasteiger partial charge on any atom is 0.416 e. The Hall–Kier alpha value is -1.32. The first-order chi connectivity index (χ1) is 8.30. The van der Waals surface area contributed by atoms with Crippen LogP contribution in [-0.2, 0) is 17.4 Å². The van der Waals surface area contributed by atoms with Gasteiger partial charge in [-0.15, -0.1) is 0 Å². The highest BCUT2D eigenvalue weighted by Gasteiger charge is 2.29. The van der Waals surface area contributed by atoms with Gasteiger partial charge in [0.25, 0.3) is 0 Å². The van der Waals surface area contributed by atoms with Gasteiger partial charge in [-0.2, -0.15) is 13.2 Å². The number of Topliss-reactive ketones (excluding diaryl/α,β-unsaturated/α-hetero) is 1. The van der Waals surface area contributed by atoms with Crippen LogP contribution < -0.4 is 0 Å². The molecule has 0 atom stereocenters. The van der Waals surface area contributed by atoms with Gasteiger partial charge in [0, 0.05) is 12.3 Å². The normalized spacial score (nSPS) is 11.9. The summed E-state index contributed by atoms with van der Waals surface area (Å²) in [6, 6.07) is 5.12. The molecular weight excluding hydrogens is 241 g/mol. The molecule has 18 heavy (non-hydrogen) atoms. The number of carbonyl (C=O) groups excluding carboxylic acids is 1. The summed E-state index contributed by atoms with van der Waals surface area (Å²) < 4.78 is 37.0. The van der Waals surface area contributed by atoms with Gasteiger partial charge in [-0.1, -0.05) is 26.0 Å². The van der Waals surface area contributed by atoms with E-state index >= 15 is 0 Å². The molecule has 4 heteroatoms. The Bertz CT molecular complexity index is 390. The van der Waals surface area contributed by atoms with Gasteiger partial charge < -0.3 is 0 Å². The molecule has 0 aliphatic rings. The molecule has 1 rings (SSSR count). The van der Waals surface area contributed by atoms with Crippen LogP contribution in [0.25, 0.3) is 0 Å². The van der Waals surface area contributed by atoms with Crippen molar-refractivity contribution in [2.45, 2.75) is 39.3 Å². The van der Waals surface area contributed by atoms with Gasteiger partial charge >= 0.3 is 6.18 Å². The lowest BCUT2D eigenvalue weighted by Crippen LogP contribution is -2.07. The summed E-state index contributed by atoms with van der Waals surface area (Å²) in [5.41, 5.74) is 0.198. The predicted molar refractivity (Wildman–Crippen MR) is 64.2 cm³/mol. The van der Waals surface area contributed by atoms with E-state index in [9.17, 15) is 18.0 Å². The summed E-state index contributed by atoms with van der Waals surface area (Å²) in [7, 11) is 0. The average Bonchev–Trinajstić information content (AvgIpc) is 2.28. The van der Waals surface area contributed by atoms with E-state index in [4.69, 9.17) is 0 Å². The van der Waals surface area contributed by atoms with E-state index < -0.39 is 11.7 Å². The monoisotopic (exact) mass is 258 g/mol. The summed E-state index contributed by atoms with van der Waals surface area (Å²) in [4.78, 5) is 11.4. The summed E-state index contributed by atoms with van der Waals surface area (Å²) in [5.74, 6) is 0.222. The second-order valence-corrected chi connectivity index (χ2v) is 4.67. The first-order valence-corrected chi connectivity index (χ1v) is 5.99. The van der Waals surface area contributed by atoms with Gasteiger partial charge in [-0.25, -0.2) is 0 Å². The van der Waals surface area contributed by atoms with Crippen LogP contribution >= 0.6 is 0 Å². The van der Waals surface area contributed by atoms with Crippen molar-refractivity contribution < 1.29 is 18.0 Å². The minimum absolute atomic E-state index is 0.0256. The van der Waals surface area contributed by atoms with Crippen LogP contribution in [0.2, 0.25) is 0 Å². The Balaban J connectivity index is 2.47. The van der Waals surface area contributed by atoms with Gasteiger partial charge in [0.1, 0.15) is 5.78 Å². The van der Waals surface area contributed by atoms with Crippen LogP contribution in [-0.4, -0.2) is 5.78 Å². The number of aryl methyl sites for hydroxylation is 1. The van der Waals surface area contributed by atoms with E-state index in [1.807, 2.05) is 13.8 Å². The highest BCUT2D eigenvalue weighted by molar-refractivity contribution is 5.80. The zero-order valence-corrected chi connectivity index (χ0v) is 10.6. The van der Waals surface area contributed by atoms with E-state index in [2.05, 4.69) is 0 Å². The fraction of sp³-hybridized carbons (Fsp3) is 0.500. The average molecular weight is 258 g/mol. The molecule has 0 saturated heterocycles. The third-order valence-electron chi connectivity index (χ3n) is 2.81. The van der Waals surface area contributed by atoms with E-state index in [0.717, 1.165) is 17.7 Å². The van der Waals surface area contributed by atoms with Gasteiger partial charge in [0.2, 0.25) is 0 Å². The van der Waals surface area contributed by atoms with Gasteiger partial charge in [-0.3, -0.25) is 4.79 Å². The van der Waals surface area contributed by atoms with Crippen LogP contribution in [0.5, 0.6) is 0 Å². The molecular formula is C14H17F3O. The standard InChI is InChI=1S/C14H17F3O/c1-10(2)13(18)5-3-4-11-6-8-12(9-7-11)14(15,16)17/h6-10H,3-5H2,1-2H3. The topological polar surface area (TPSA) is 17.1 Å². The molecule has 0 heterocycles. The van der Waals surface area contributed by atoms with Crippen molar-refractivity contribution in [1.29, 1.82) is 0 Å². The molecule has 0 aliphatic carbocycles. The zero-order chi connectivity index (χ0) is 13.8. The third-order valence-corrected chi connectivity index (χ3v) is 2.81. The van der Waals surface area contributed by atoms with Crippen LogP contribution in [0.4, 0.5) is 13.2 Å². The minimum atomic E-state index is -4.29. The molecule has 0 unspecified atom stereocenters. The molecule has 1 aromatic carbocycles. The van der Waals surface area contributed by atoms with Crippen molar-refractivity contribution in [3.05, 3.63) is 35.4 Å². The molecule has 0 spiro atoms. The second-order valence-electron chi connectivity index (χ2n) is 4.67. The van der Waals surface area contributed by atoms with Crippen molar-refractivity contribution >= 4 is 5.78 Å². The highest BCUT2D eigenvalue weighted by Crippen LogP contribution is 2.29. The van der Waals surface area contributed by atoms with E-state index in [1.54, 1.807) is 0 Å². The summed E-state index contributed by atoms with van der Waals surface area (Å²) in [6.45, 7) is 3.70. The fourth-order valence-electron chi connectivity index (χ4n) is 1.62. The van der Waals surface area contributed by atoms with Gasteiger partial charge in [0.15, 0.2) is 0 Å². The number of hydrogen-bond acceptors (Lipinski definition) is 1. The molecule has 0 bridgehead atoms. The number of hydrogen-bond donors (Lipinski definition) is 0. The number of alkyl halides is 3. The van der Waals surface area contributed by atoms with E-state index in [1.165, 1.54) is 12.1 Å². The maximum absolute atomic E-state index is 12.3. The predicted octanol–water partition coefficient (Wildman–Crippen LogP) is 4.25. The van der Waals surface area contributed by atoms with Crippen molar-refractivity contribution in [2.75, 3.05) is 0 Å². The van der Waals surface area contributed by atoms with Gasteiger partial charge in [-0.05, 0) is 30.5 Å². The Kier molecular flexibility index (Phi) is 4.93. The molecule has 0 fully saturated rings. The molecule has 0 amide bonds. The quantitative estimate of drug-likeness (QED) is 0.771. The fourth-order valence-corrected chi connectivity index (χ4v) is 1.62. The van der Waals surface area contributed by atoms with Crippen molar-refractivity contribution in [2.24, 2.45) is 5.92 Å². The molecule has 1 nitrogen and oxygen atoms in total. The molecule has 1 aromatic rings. The number of ketones is 1. The van der Waals surface area contributed by atoms with E-state index in [-0.39, 0.29) is 11.7 Å². The molecule has 0 aliphatic heterocycles. The van der Waals surface area contributed by atoms with Crippen LogP contribution in [0, 0.1) is 5.92 Å². The SMILES string of the molecule is CC(C)C(=O)CCCc1ccc(C(F)(F)F)cc1. The number of halogens is 3. The van der Waals surface area contributed by atoms with Crippen LogP contribution in [0.1, 0.15) is 37.8 Å². The first kappa shape index (κ1) is 14.7. The summed E-state index contributed by atoms with van der Waals surface area (Å²) in [5, 5.41) is 0. The lowest BCUT2D eigenvalue weighted by Gasteiger charge is -2.08. The molecule has 0 radical (unpaired) electrons. The Labute approximate surface area is 105 Å². The van der Waals surface area contributed by atoms with Crippen LogP contribution in [0.15, 0.2) is 24.3 Å². The number of benzene rings is 1.